The minimum Gasteiger partial charge on any atom is -0.455 e. The minimum atomic E-state index is -1.99. The number of esters is 1. The highest BCUT2D eigenvalue weighted by atomic mass is 16.8. The van der Waals surface area contributed by atoms with Crippen LogP contribution in [0.15, 0.2) is 12.2 Å². The van der Waals surface area contributed by atoms with Crippen LogP contribution in [-0.2, 0) is 52.2 Å². The molecule has 6 heterocycles. The molecule has 75 heavy (non-hydrogen) atoms. The molecule has 6 aliphatic heterocycles. The molecule has 2 bridgehead atoms. The van der Waals surface area contributed by atoms with Crippen LogP contribution < -0.4 is 0 Å². The number of rotatable bonds is 10. The van der Waals surface area contributed by atoms with Crippen molar-refractivity contribution in [3.63, 3.8) is 0 Å². The highest BCUT2D eigenvalue weighted by molar-refractivity contribution is 5.82. The third-order valence-corrected chi connectivity index (χ3v) is 22.0. The lowest BCUT2D eigenvalue weighted by atomic mass is 9.31. The SMILES string of the molecule is C=C1CCC23CCC4(C)C5(C)CCC6C(C)(C)C(OC7OC(CO)C(OC8OC(C)C(O)C(O)C8O)C(OC8OC(CO)C(O)C(O)C8O)C7OC7OC(C)C(O)C(O)C7O)CCC6(C)C5C5OC5C4(OC2=O)C3C1. The van der Waals surface area contributed by atoms with Crippen molar-refractivity contribution >= 4 is 5.97 Å². The second kappa shape index (κ2) is 19.0. The Morgan fingerprint density at radius 2 is 1.13 bits per heavy atom. The van der Waals surface area contributed by atoms with Crippen molar-refractivity contribution < 1.29 is 108 Å². The molecule has 11 fully saturated rings. The molecule has 0 aromatic carbocycles. The van der Waals surface area contributed by atoms with Gasteiger partial charge in [0, 0.05) is 11.3 Å². The number of aliphatic hydroxyl groups excluding tert-OH is 11. The van der Waals surface area contributed by atoms with E-state index in [1.54, 1.807) is 0 Å². The summed E-state index contributed by atoms with van der Waals surface area (Å²) in [6.07, 6.45) is -27.4. The van der Waals surface area contributed by atoms with Crippen LogP contribution in [0.25, 0.3) is 0 Å². The van der Waals surface area contributed by atoms with Crippen molar-refractivity contribution in [3.8, 4) is 0 Å². The summed E-state index contributed by atoms with van der Waals surface area (Å²) in [6.45, 7) is 17.1. The average molecular weight is 1070 g/mol. The lowest BCUT2D eigenvalue weighted by Gasteiger charge is -2.72. The molecule has 5 aliphatic carbocycles. The minimum absolute atomic E-state index is 0.00303. The van der Waals surface area contributed by atoms with Gasteiger partial charge in [-0.2, -0.15) is 0 Å². The molecule has 0 amide bonds. The Hall–Kier alpha value is -1.59. The largest absolute Gasteiger partial charge is 0.455 e. The summed E-state index contributed by atoms with van der Waals surface area (Å²) in [5, 5.41) is 120. The van der Waals surface area contributed by atoms with Crippen LogP contribution in [0.1, 0.15) is 106 Å². The second-order valence-corrected chi connectivity index (χ2v) is 25.8. The quantitative estimate of drug-likeness (QED) is 0.0529. The van der Waals surface area contributed by atoms with Gasteiger partial charge in [0.1, 0.15) is 91.6 Å². The first-order valence-corrected chi connectivity index (χ1v) is 27.4. The molecule has 0 aromatic heterocycles. The third kappa shape index (κ3) is 7.81. The number of allylic oxidation sites excluding steroid dienone is 1. The van der Waals surface area contributed by atoms with Gasteiger partial charge in [-0.15, -0.1) is 0 Å². The second-order valence-electron chi connectivity index (χ2n) is 25.8. The summed E-state index contributed by atoms with van der Waals surface area (Å²) >= 11 is 0. The summed E-state index contributed by atoms with van der Waals surface area (Å²) in [6, 6.07) is 0. The van der Waals surface area contributed by atoms with Gasteiger partial charge < -0.3 is 104 Å². The van der Waals surface area contributed by atoms with Crippen LogP contribution in [-0.4, -0.2) is 222 Å². The molecule has 0 radical (unpaired) electrons. The van der Waals surface area contributed by atoms with E-state index in [2.05, 4.69) is 41.2 Å². The Balaban J connectivity index is 0.933. The molecular formula is C53H82O22. The predicted molar refractivity (Wildman–Crippen MR) is 253 cm³/mol. The van der Waals surface area contributed by atoms with Crippen LogP contribution in [0.3, 0.4) is 0 Å². The zero-order valence-electron chi connectivity index (χ0n) is 43.9. The van der Waals surface area contributed by atoms with Gasteiger partial charge in [0.15, 0.2) is 30.8 Å². The Kier molecular flexibility index (Phi) is 14.0. The van der Waals surface area contributed by atoms with Gasteiger partial charge in [-0.3, -0.25) is 4.79 Å². The van der Waals surface area contributed by atoms with Gasteiger partial charge >= 0.3 is 5.97 Å². The molecule has 31 atom stereocenters. The summed E-state index contributed by atoms with van der Waals surface area (Å²) in [4.78, 5) is 14.2. The predicted octanol–water partition coefficient (Wildman–Crippen LogP) is -1.22. The number of carbonyl (C=O) groups excluding carboxylic acids is 1. The van der Waals surface area contributed by atoms with Crippen LogP contribution in [0.5, 0.6) is 0 Å². The standard InChI is InChI=1S/C53H82O22/c1-20-9-14-52-16-15-51(8)50(7)13-10-25-48(4,5)27(11-12-49(25,6)41(50)40-42(71-40)53(51,26(52)17-20)75-47(52)65)70-46-39(74-44-35(63)32(60)29(57)22(3)67-44)38(73-45-36(64)33(61)30(58)23(18-54)68-45)37(24(19-55)69-46)72-43-34(62)31(59)28(56)21(2)66-43/h21-46,54-64H,1,9-19H2,2-8H3. The Morgan fingerprint density at radius 1 is 0.573 bits per heavy atom. The fraction of sp³-hybridized carbons (Fsp3) is 0.943. The van der Waals surface area contributed by atoms with Crippen LogP contribution >= 0.6 is 0 Å². The molecule has 11 N–H and O–H groups in total. The maximum Gasteiger partial charge on any atom is 0.313 e. The van der Waals surface area contributed by atoms with E-state index in [4.69, 9.17) is 47.4 Å². The van der Waals surface area contributed by atoms with E-state index in [9.17, 15) is 61.0 Å². The molecule has 1 spiro atoms. The Bertz CT molecular complexity index is 2170. The van der Waals surface area contributed by atoms with Gasteiger partial charge in [0.05, 0.1) is 43.0 Å². The van der Waals surface area contributed by atoms with Crippen molar-refractivity contribution in [1.29, 1.82) is 0 Å². The molecule has 5 saturated carbocycles. The topological polar surface area (TPSA) is 335 Å². The van der Waals surface area contributed by atoms with E-state index in [-0.39, 0.29) is 52.2 Å². The van der Waals surface area contributed by atoms with E-state index in [0.717, 1.165) is 50.5 Å². The van der Waals surface area contributed by atoms with Crippen molar-refractivity contribution in [3.05, 3.63) is 12.2 Å². The third-order valence-electron chi connectivity index (χ3n) is 22.0. The van der Waals surface area contributed by atoms with E-state index in [1.807, 2.05) is 0 Å². The Labute approximate surface area is 436 Å². The highest BCUT2D eigenvalue weighted by Gasteiger charge is 2.89. The summed E-state index contributed by atoms with van der Waals surface area (Å²) in [7, 11) is 0. The summed E-state index contributed by atoms with van der Waals surface area (Å²) in [5.74, 6) is 0.0417. The van der Waals surface area contributed by atoms with Gasteiger partial charge in [-0.1, -0.05) is 46.8 Å². The van der Waals surface area contributed by atoms with Crippen LogP contribution in [0, 0.1) is 44.8 Å². The normalized spacial score (nSPS) is 58.9. The molecular weight excluding hydrogens is 989 g/mol. The van der Waals surface area contributed by atoms with Crippen LogP contribution in [0.4, 0.5) is 0 Å². The van der Waals surface area contributed by atoms with E-state index < -0.39 is 159 Å². The molecule has 22 nitrogen and oxygen atoms in total. The summed E-state index contributed by atoms with van der Waals surface area (Å²) in [5.41, 5.74) is -1.72. The lowest BCUT2D eigenvalue weighted by molar-refractivity contribution is -0.413. The Morgan fingerprint density at radius 3 is 1.75 bits per heavy atom. The zero-order valence-corrected chi connectivity index (χ0v) is 43.9. The van der Waals surface area contributed by atoms with Crippen molar-refractivity contribution in [2.75, 3.05) is 13.2 Å². The number of hydrogen-bond donors (Lipinski definition) is 11. The number of ether oxygens (including phenoxy) is 10. The molecule has 11 aliphatic rings. The molecule has 22 heteroatoms. The number of carbonyl (C=O) groups is 1. The first-order chi connectivity index (χ1) is 35.3. The zero-order chi connectivity index (χ0) is 54.0. The van der Waals surface area contributed by atoms with Gasteiger partial charge in [0.25, 0.3) is 0 Å². The molecule has 0 aromatic rings. The van der Waals surface area contributed by atoms with Crippen LogP contribution in [0.2, 0.25) is 0 Å². The molecule has 426 valence electrons. The molecule has 31 unspecified atom stereocenters. The monoisotopic (exact) mass is 1070 g/mol. The smallest absolute Gasteiger partial charge is 0.313 e. The van der Waals surface area contributed by atoms with Crippen molar-refractivity contribution in [2.24, 2.45) is 44.8 Å². The maximum atomic E-state index is 14.2. The molecule has 11 rings (SSSR count). The maximum absolute atomic E-state index is 14.2. The first-order valence-electron chi connectivity index (χ1n) is 27.4. The fourth-order valence-electron chi connectivity index (χ4n) is 17.6. The number of hydrogen-bond acceptors (Lipinski definition) is 22. The first kappa shape index (κ1) is 55.3. The van der Waals surface area contributed by atoms with Gasteiger partial charge in [-0.25, -0.2) is 0 Å². The fourth-order valence-corrected chi connectivity index (χ4v) is 17.6. The summed E-state index contributed by atoms with van der Waals surface area (Å²) < 4.78 is 64.7. The highest BCUT2D eigenvalue weighted by Crippen LogP contribution is 2.83. The van der Waals surface area contributed by atoms with Gasteiger partial charge in [-0.05, 0) is 99.7 Å². The number of epoxide rings is 1. The van der Waals surface area contributed by atoms with Crippen molar-refractivity contribution in [1.82, 2.24) is 0 Å². The lowest BCUT2D eigenvalue weighted by Crippen LogP contribution is -2.74. The van der Waals surface area contributed by atoms with E-state index in [1.165, 1.54) is 13.8 Å². The molecule has 6 saturated heterocycles. The average Bonchev–Trinajstić information content (AvgIpc) is 4.25. The van der Waals surface area contributed by atoms with Gasteiger partial charge in [0.2, 0.25) is 0 Å². The van der Waals surface area contributed by atoms with E-state index >= 15 is 0 Å². The number of aliphatic hydroxyl groups is 11. The number of fused-ring (bicyclic) bond motifs is 6. The van der Waals surface area contributed by atoms with E-state index in [0.29, 0.717) is 12.8 Å². The van der Waals surface area contributed by atoms with Crippen molar-refractivity contribution in [2.45, 2.75) is 253 Å².